The summed E-state index contributed by atoms with van der Waals surface area (Å²) in [6, 6.07) is 3.58. The molecule has 8 rings (SSSR count). The Morgan fingerprint density at radius 2 is 1.67 bits per heavy atom. The molecule has 6 aliphatic carbocycles. The van der Waals surface area contributed by atoms with Crippen molar-refractivity contribution in [1.82, 2.24) is 15.2 Å². The second-order valence-electron chi connectivity index (χ2n) is 21.3. The number of carboxylic acid groups (broad SMARTS) is 1. The number of pyridine rings is 1. The zero-order chi connectivity index (χ0) is 40.6. The van der Waals surface area contributed by atoms with Gasteiger partial charge in [-0.15, -0.1) is 0 Å². The quantitative estimate of drug-likeness (QED) is 0.226. The van der Waals surface area contributed by atoms with Gasteiger partial charge in [-0.1, -0.05) is 58.9 Å². The van der Waals surface area contributed by atoms with Crippen molar-refractivity contribution in [2.24, 2.45) is 56.7 Å². The summed E-state index contributed by atoms with van der Waals surface area (Å²) in [5, 5.41) is 14.7. The summed E-state index contributed by atoms with van der Waals surface area (Å²) in [5.41, 5.74) is 4.16. The third-order valence-electron chi connectivity index (χ3n) is 18.6. The minimum absolute atomic E-state index is 0.00929. The Morgan fingerprint density at radius 1 is 0.930 bits per heavy atom. The first-order valence-electron chi connectivity index (χ1n) is 22.4. The van der Waals surface area contributed by atoms with E-state index in [1.54, 1.807) is 24.5 Å². The van der Waals surface area contributed by atoms with E-state index in [9.17, 15) is 18.3 Å². The summed E-state index contributed by atoms with van der Waals surface area (Å²) in [7, 11) is -2.87. The van der Waals surface area contributed by atoms with Crippen LogP contribution in [0.15, 0.2) is 60.0 Å². The Bertz CT molecular complexity index is 1900. The Kier molecular flexibility index (Phi) is 10.6. The summed E-state index contributed by atoms with van der Waals surface area (Å²) in [4.78, 5) is 19.1. The Labute approximate surface area is 343 Å². The number of sulfone groups is 1. The average Bonchev–Trinajstić information content (AvgIpc) is 3.55. The maximum absolute atomic E-state index is 12.7. The molecule has 5 fully saturated rings. The number of aromatic nitrogens is 1. The lowest BCUT2D eigenvalue weighted by atomic mass is 9.33. The van der Waals surface area contributed by atoms with Crippen molar-refractivity contribution < 1.29 is 23.1 Å². The van der Waals surface area contributed by atoms with Crippen LogP contribution in [0.4, 0.5) is 0 Å². The monoisotopic (exact) mass is 802 g/mol. The number of allylic oxidation sites excluding steroid dienone is 5. The number of aliphatic carboxylic acids is 1. The molecule has 0 bridgehead atoms. The fourth-order valence-corrected chi connectivity index (χ4v) is 16.5. The van der Waals surface area contributed by atoms with Crippen molar-refractivity contribution >= 4 is 15.8 Å². The molecule has 10 atom stereocenters. The number of hydrogen-bond donors (Lipinski definition) is 2. The van der Waals surface area contributed by atoms with E-state index in [1.165, 1.54) is 68.1 Å². The van der Waals surface area contributed by atoms with Crippen LogP contribution < -0.4 is 10.1 Å². The van der Waals surface area contributed by atoms with Crippen molar-refractivity contribution in [2.75, 3.05) is 44.3 Å². The number of nitrogens with zero attached hydrogens (tertiary/aromatic N) is 2. The van der Waals surface area contributed by atoms with Crippen molar-refractivity contribution in [1.29, 1.82) is 0 Å². The summed E-state index contributed by atoms with van der Waals surface area (Å²) >= 11 is 0. The topological polar surface area (TPSA) is 109 Å². The standard InChI is InChI=1S/C48H71N3O5S/c1-33(2)36-12-21-48(50-26-27-51-28-30-57(54,55)31-29-51)23-22-45(6)38(41(36)48)8-9-40-44(5)17-13-37(43(3,4)39(44)14-18-46(40,45)7)34-10-19-47(20-11-34,42(52)53)32-56-35-15-24-49-25-16-35/h10,13,15-16,24-25,36,38-41,50H,1,8-9,11-12,14,17-23,26-32H2,2-7H3,(H,52,53)/t36-,38+,39?,40?,41?,44-,45+,46+,47?,48?/m0/s1. The van der Waals surface area contributed by atoms with Crippen molar-refractivity contribution in [3.05, 3.63) is 60.0 Å². The maximum Gasteiger partial charge on any atom is 0.313 e. The predicted molar refractivity (Wildman–Crippen MR) is 228 cm³/mol. The van der Waals surface area contributed by atoms with Crippen molar-refractivity contribution in [3.8, 4) is 5.75 Å². The van der Waals surface area contributed by atoms with Gasteiger partial charge in [-0.25, -0.2) is 8.42 Å². The Hall–Kier alpha value is -2.49. The molecule has 7 aliphatic rings. The lowest BCUT2D eigenvalue weighted by Crippen LogP contribution is -2.68. The lowest BCUT2D eigenvalue weighted by Gasteiger charge is -2.72. The van der Waals surface area contributed by atoms with Crippen molar-refractivity contribution in [3.63, 3.8) is 0 Å². The molecule has 2 N–H and O–H groups in total. The van der Waals surface area contributed by atoms with E-state index in [-0.39, 0.29) is 33.8 Å². The van der Waals surface area contributed by atoms with Gasteiger partial charge in [0.1, 0.15) is 17.8 Å². The fraction of sp³-hybridized carbons (Fsp3) is 0.750. The molecular weight excluding hydrogens is 731 g/mol. The van der Waals surface area contributed by atoms with E-state index in [2.05, 4.69) is 75.5 Å². The first-order chi connectivity index (χ1) is 26.9. The molecule has 1 saturated heterocycles. The molecule has 1 aromatic heterocycles. The lowest BCUT2D eigenvalue weighted by molar-refractivity contribution is -0.221. The number of carbonyl (C=O) groups is 1. The van der Waals surface area contributed by atoms with Gasteiger partial charge in [-0.2, -0.15) is 0 Å². The zero-order valence-electron chi connectivity index (χ0n) is 35.9. The van der Waals surface area contributed by atoms with Gasteiger partial charge >= 0.3 is 5.97 Å². The van der Waals surface area contributed by atoms with Gasteiger partial charge in [-0.05, 0) is 159 Å². The third-order valence-corrected chi connectivity index (χ3v) is 20.2. The average molecular weight is 802 g/mol. The second kappa shape index (κ2) is 14.6. The van der Waals surface area contributed by atoms with Crippen LogP contribution in [0.2, 0.25) is 0 Å². The molecule has 0 amide bonds. The molecule has 0 radical (unpaired) electrons. The van der Waals surface area contributed by atoms with Gasteiger partial charge in [0.05, 0.1) is 11.5 Å². The van der Waals surface area contributed by atoms with E-state index < -0.39 is 21.2 Å². The van der Waals surface area contributed by atoms with Crippen molar-refractivity contribution in [2.45, 2.75) is 124 Å². The first-order valence-corrected chi connectivity index (χ1v) is 24.2. The fourth-order valence-electron chi connectivity index (χ4n) is 15.2. The normalized spacial score (nSPS) is 42.3. The molecule has 4 saturated carbocycles. The number of fused-ring (bicyclic) bond motifs is 7. The highest BCUT2D eigenvalue weighted by molar-refractivity contribution is 7.91. The third kappa shape index (κ3) is 6.71. The molecular formula is C48H71N3O5S. The Balaban J connectivity index is 1.01. The van der Waals surface area contributed by atoms with Gasteiger partial charge in [0.2, 0.25) is 0 Å². The van der Waals surface area contributed by atoms with E-state index in [4.69, 9.17) is 4.74 Å². The molecule has 57 heavy (non-hydrogen) atoms. The summed E-state index contributed by atoms with van der Waals surface area (Å²) in [6.45, 7) is 23.3. The molecule has 0 spiro atoms. The summed E-state index contributed by atoms with van der Waals surface area (Å²) in [5.74, 6) is 3.53. The van der Waals surface area contributed by atoms with Gasteiger partial charge in [-0.3, -0.25) is 9.78 Å². The maximum atomic E-state index is 12.7. The van der Waals surface area contributed by atoms with Crippen LogP contribution in [0.1, 0.15) is 119 Å². The van der Waals surface area contributed by atoms with Crippen LogP contribution in [-0.4, -0.2) is 79.2 Å². The zero-order valence-corrected chi connectivity index (χ0v) is 36.7. The summed E-state index contributed by atoms with van der Waals surface area (Å²) in [6.07, 6.45) is 21.2. The number of carboxylic acids is 1. The van der Waals surface area contributed by atoms with Crippen LogP contribution >= 0.6 is 0 Å². The van der Waals surface area contributed by atoms with E-state index in [0.717, 1.165) is 25.9 Å². The van der Waals surface area contributed by atoms with Gasteiger partial charge in [0.25, 0.3) is 0 Å². The highest BCUT2D eigenvalue weighted by Gasteiger charge is 2.70. The number of nitrogens with one attached hydrogen (secondary N) is 1. The van der Waals surface area contributed by atoms with E-state index in [1.807, 2.05) is 0 Å². The molecule has 1 aliphatic heterocycles. The second-order valence-corrected chi connectivity index (χ2v) is 23.6. The highest BCUT2D eigenvalue weighted by Crippen LogP contribution is 2.76. The van der Waals surface area contributed by atoms with Crippen LogP contribution in [-0.2, 0) is 14.6 Å². The SMILES string of the molecule is C=C(C)[C@@H]1CCC2(NCCN3CCS(=O)(=O)CC3)CC[C@]3(C)[C@H](CCC4[C@@]5(C)CC=C(C6=CCC(COc7ccncc7)(C(=O)O)CC6)C(C)(C)C5CC[C@]43C)C12. The molecule has 1 aromatic rings. The molecule has 0 aromatic carbocycles. The van der Waals surface area contributed by atoms with Gasteiger partial charge < -0.3 is 20.1 Å². The van der Waals surface area contributed by atoms with Crippen LogP contribution in [0.25, 0.3) is 0 Å². The van der Waals surface area contributed by atoms with Crippen LogP contribution in [0.5, 0.6) is 5.75 Å². The summed E-state index contributed by atoms with van der Waals surface area (Å²) < 4.78 is 30.2. The highest BCUT2D eigenvalue weighted by atomic mass is 32.2. The first kappa shape index (κ1) is 41.3. The van der Waals surface area contributed by atoms with E-state index >= 15 is 0 Å². The number of rotatable bonds is 10. The van der Waals surface area contributed by atoms with Crippen LogP contribution in [0.3, 0.4) is 0 Å². The Morgan fingerprint density at radius 3 is 2.33 bits per heavy atom. The minimum Gasteiger partial charge on any atom is -0.492 e. The minimum atomic E-state index is -2.87. The smallest absolute Gasteiger partial charge is 0.313 e. The number of ether oxygens (including phenoxy) is 1. The van der Waals surface area contributed by atoms with E-state index in [0.29, 0.717) is 72.8 Å². The molecule has 314 valence electrons. The molecule has 2 heterocycles. The van der Waals surface area contributed by atoms with Crippen LogP contribution in [0, 0.1) is 56.7 Å². The van der Waals surface area contributed by atoms with Gasteiger partial charge in [0, 0.05) is 44.1 Å². The van der Waals surface area contributed by atoms with Gasteiger partial charge in [0.15, 0.2) is 9.84 Å². The predicted octanol–water partition coefficient (Wildman–Crippen LogP) is 8.91. The molecule has 9 heteroatoms. The molecule has 5 unspecified atom stereocenters. The number of hydrogen-bond acceptors (Lipinski definition) is 7. The molecule has 8 nitrogen and oxygen atoms in total. The largest absolute Gasteiger partial charge is 0.492 e.